The lowest BCUT2D eigenvalue weighted by Gasteiger charge is -2.14. The highest BCUT2D eigenvalue weighted by atomic mass is 16.5. The van der Waals surface area contributed by atoms with Crippen molar-refractivity contribution in [3.05, 3.63) is 77.6 Å². The number of carbonyl (C=O) groups is 1. The van der Waals surface area contributed by atoms with Crippen LogP contribution in [0.3, 0.4) is 0 Å². The second-order valence-corrected chi connectivity index (χ2v) is 8.94. The van der Waals surface area contributed by atoms with E-state index in [1.165, 1.54) is 0 Å². The van der Waals surface area contributed by atoms with Gasteiger partial charge in [0.1, 0.15) is 35.0 Å². The van der Waals surface area contributed by atoms with Crippen LogP contribution in [0.15, 0.2) is 65.1 Å². The van der Waals surface area contributed by atoms with Crippen LogP contribution >= 0.6 is 0 Å². The van der Waals surface area contributed by atoms with E-state index in [0.717, 1.165) is 10.9 Å². The molecule has 10 nitrogen and oxygen atoms in total. The summed E-state index contributed by atoms with van der Waals surface area (Å²) in [5, 5.41) is 23.9. The molecular formula is C28H27BN4O6. The summed E-state index contributed by atoms with van der Waals surface area (Å²) in [7, 11) is 0.0398. The Morgan fingerprint density at radius 2 is 1.82 bits per heavy atom. The molecule has 3 aromatic carbocycles. The summed E-state index contributed by atoms with van der Waals surface area (Å²) in [4.78, 5) is 21.8. The number of hydrogen-bond acceptors (Lipinski definition) is 9. The Morgan fingerprint density at radius 1 is 1.05 bits per heavy atom. The number of ether oxygens (including phenoxy) is 2. The molecule has 0 bridgehead atoms. The van der Waals surface area contributed by atoms with Crippen molar-refractivity contribution in [3.63, 3.8) is 0 Å². The van der Waals surface area contributed by atoms with Crippen molar-refractivity contribution in [2.45, 2.75) is 13.5 Å². The van der Waals surface area contributed by atoms with E-state index in [9.17, 15) is 14.8 Å². The number of aryl methyl sites for hydroxylation is 1. The maximum atomic E-state index is 12.0. The minimum absolute atomic E-state index is 0.274. The molecule has 0 aliphatic carbocycles. The minimum Gasteiger partial charge on any atom is -0.489 e. The van der Waals surface area contributed by atoms with E-state index in [-0.39, 0.29) is 5.56 Å². The third kappa shape index (κ3) is 5.28. The van der Waals surface area contributed by atoms with Gasteiger partial charge in [0.05, 0.1) is 17.7 Å². The molecule has 0 unspecified atom stereocenters. The molecule has 0 aliphatic rings. The molecule has 39 heavy (non-hydrogen) atoms. The van der Waals surface area contributed by atoms with E-state index in [1.54, 1.807) is 44.4 Å². The van der Waals surface area contributed by atoms with Crippen molar-refractivity contribution in [2.75, 3.05) is 25.6 Å². The summed E-state index contributed by atoms with van der Waals surface area (Å²) in [6.45, 7) is 2.89. The topological polar surface area (TPSA) is 153 Å². The number of furan rings is 1. The number of nitrogens with two attached hydrogens (primary N) is 1. The Labute approximate surface area is 224 Å². The summed E-state index contributed by atoms with van der Waals surface area (Å²) in [6, 6.07) is 17.8. The zero-order valence-electron chi connectivity index (χ0n) is 21.5. The molecule has 2 aromatic heterocycles. The van der Waals surface area contributed by atoms with Crippen molar-refractivity contribution in [3.8, 4) is 17.1 Å². The zero-order chi connectivity index (χ0) is 27.5. The standard InChI is InChI=1S/C28H27BN4O6/c1-16-23(19-8-4-10-21(26(30)34)25(19)39-16)28-32-24-20(9-5-11-22(24)38-13-12-37-2)27(33-28)31-15-17-6-3-7-18(14-17)29(35)36/h3-11,14,35-36H,12-13,15H2,1-2H3,(H2,30,34)(H,31,32,33). The van der Waals surface area contributed by atoms with Crippen molar-refractivity contribution in [2.24, 2.45) is 5.73 Å². The van der Waals surface area contributed by atoms with Crippen LogP contribution in [0.25, 0.3) is 33.3 Å². The number of rotatable bonds is 10. The quantitative estimate of drug-likeness (QED) is 0.159. The maximum Gasteiger partial charge on any atom is 0.488 e. The third-order valence-electron chi connectivity index (χ3n) is 6.32. The number of amides is 1. The summed E-state index contributed by atoms with van der Waals surface area (Å²) in [6.07, 6.45) is 0. The number of hydrogen-bond donors (Lipinski definition) is 4. The lowest BCUT2D eigenvalue weighted by molar-refractivity contribution is 0.100. The summed E-state index contributed by atoms with van der Waals surface area (Å²) in [5.74, 6) is 1.43. The van der Waals surface area contributed by atoms with E-state index < -0.39 is 13.0 Å². The molecular weight excluding hydrogens is 499 g/mol. The first-order chi connectivity index (χ1) is 18.9. The fourth-order valence-corrected chi connectivity index (χ4v) is 4.48. The van der Waals surface area contributed by atoms with Gasteiger partial charge in [-0.3, -0.25) is 4.79 Å². The molecule has 2 heterocycles. The second-order valence-electron chi connectivity index (χ2n) is 8.94. The largest absolute Gasteiger partial charge is 0.489 e. The molecule has 5 N–H and O–H groups in total. The second kappa shape index (κ2) is 11.1. The smallest absolute Gasteiger partial charge is 0.488 e. The number of nitrogens with one attached hydrogen (secondary N) is 1. The first-order valence-electron chi connectivity index (χ1n) is 12.3. The SMILES string of the molecule is COCCOc1cccc2c(NCc3cccc(B(O)O)c3)nc(-c3c(C)oc4c(C(N)=O)cccc34)nc12. The van der Waals surface area contributed by atoms with Gasteiger partial charge in [-0.25, -0.2) is 9.97 Å². The van der Waals surface area contributed by atoms with Gasteiger partial charge in [-0.05, 0) is 36.1 Å². The number of primary amides is 1. The van der Waals surface area contributed by atoms with Gasteiger partial charge < -0.3 is 35.0 Å². The number of fused-ring (bicyclic) bond motifs is 2. The van der Waals surface area contributed by atoms with Crippen LogP contribution in [0, 0.1) is 6.92 Å². The first-order valence-corrected chi connectivity index (χ1v) is 12.3. The van der Waals surface area contributed by atoms with Crippen LogP contribution in [0.1, 0.15) is 21.7 Å². The predicted octanol–water partition coefficient (Wildman–Crippen LogP) is 2.77. The van der Waals surface area contributed by atoms with Gasteiger partial charge in [-0.2, -0.15) is 0 Å². The highest BCUT2D eigenvalue weighted by Crippen LogP contribution is 2.37. The molecule has 0 saturated heterocycles. The number of para-hydroxylation sites is 2. The van der Waals surface area contributed by atoms with Crippen LogP contribution in [-0.4, -0.2) is 53.4 Å². The van der Waals surface area contributed by atoms with Crippen LogP contribution < -0.4 is 21.3 Å². The van der Waals surface area contributed by atoms with Crippen molar-refractivity contribution in [1.29, 1.82) is 0 Å². The van der Waals surface area contributed by atoms with Crippen molar-refractivity contribution in [1.82, 2.24) is 9.97 Å². The Balaban J connectivity index is 1.65. The lowest BCUT2D eigenvalue weighted by atomic mass is 9.80. The van der Waals surface area contributed by atoms with Gasteiger partial charge in [0, 0.05) is 24.4 Å². The monoisotopic (exact) mass is 526 g/mol. The van der Waals surface area contributed by atoms with Crippen LogP contribution in [0.4, 0.5) is 5.82 Å². The Kier molecular flexibility index (Phi) is 7.46. The molecule has 5 rings (SSSR count). The number of methoxy groups -OCH3 is 1. The van der Waals surface area contributed by atoms with E-state index in [2.05, 4.69) is 5.32 Å². The van der Waals surface area contributed by atoms with Gasteiger partial charge in [-0.15, -0.1) is 0 Å². The molecule has 11 heteroatoms. The fraction of sp³-hybridized carbons (Fsp3) is 0.179. The Morgan fingerprint density at radius 3 is 2.59 bits per heavy atom. The van der Waals surface area contributed by atoms with Crippen LogP contribution in [0.2, 0.25) is 0 Å². The van der Waals surface area contributed by atoms with Crippen LogP contribution in [0.5, 0.6) is 5.75 Å². The average Bonchev–Trinajstić information content (AvgIpc) is 3.27. The fourth-order valence-electron chi connectivity index (χ4n) is 4.48. The van der Waals surface area contributed by atoms with Crippen molar-refractivity contribution < 1.29 is 28.7 Å². The number of carbonyl (C=O) groups excluding carboxylic acids is 1. The lowest BCUT2D eigenvalue weighted by Crippen LogP contribution is -2.30. The molecule has 1 amide bonds. The van der Waals surface area contributed by atoms with Crippen molar-refractivity contribution >= 4 is 46.2 Å². The van der Waals surface area contributed by atoms with E-state index >= 15 is 0 Å². The molecule has 0 aliphatic heterocycles. The van der Waals surface area contributed by atoms with Crippen LogP contribution in [-0.2, 0) is 11.3 Å². The maximum absolute atomic E-state index is 12.0. The normalized spacial score (nSPS) is 11.2. The third-order valence-corrected chi connectivity index (χ3v) is 6.32. The molecule has 0 radical (unpaired) electrons. The number of anilines is 1. The molecule has 0 saturated carbocycles. The summed E-state index contributed by atoms with van der Waals surface area (Å²) in [5.41, 5.74) is 8.67. The molecule has 198 valence electrons. The van der Waals surface area contributed by atoms with Gasteiger partial charge >= 0.3 is 7.12 Å². The highest BCUT2D eigenvalue weighted by molar-refractivity contribution is 6.58. The van der Waals surface area contributed by atoms with E-state index in [4.69, 9.17) is 29.6 Å². The van der Waals surface area contributed by atoms with Gasteiger partial charge in [-0.1, -0.05) is 42.5 Å². The van der Waals surface area contributed by atoms with E-state index in [0.29, 0.717) is 70.4 Å². The van der Waals surface area contributed by atoms with Gasteiger partial charge in [0.2, 0.25) is 0 Å². The highest BCUT2D eigenvalue weighted by Gasteiger charge is 2.22. The summed E-state index contributed by atoms with van der Waals surface area (Å²) < 4.78 is 17.1. The van der Waals surface area contributed by atoms with Gasteiger partial charge in [0.25, 0.3) is 5.91 Å². The molecule has 0 atom stereocenters. The first kappa shape index (κ1) is 26.2. The Bertz CT molecular complexity index is 1670. The predicted molar refractivity (Wildman–Crippen MR) is 149 cm³/mol. The summed E-state index contributed by atoms with van der Waals surface area (Å²) >= 11 is 0. The molecule has 5 aromatic rings. The Hall–Kier alpha value is -4.45. The number of aromatic nitrogens is 2. The number of nitrogens with zero attached hydrogens (tertiary/aromatic N) is 2. The van der Waals surface area contributed by atoms with E-state index in [1.807, 2.05) is 30.3 Å². The zero-order valence-corrected chi connectivity index (χ0v) is 21.5. The molecule has 0 spiro atoms. The van der Waals surface area contributed by atoms with Gasteiger partial charge in [0.15, 0.2) is 5.82 Å². The minimum atomic E-state index is -1.56. The average molecular weight is 526 g/mol. The number of benzene rings is 3. The molecule has 0 fully saturated rings.